The molecule has 1 aromatic rings. The molecule has 1 aromatic heterocycles. The summed E-state index contributed by atoms with van der Waals surface area (Å²) in [4.78, 5) is 26.6. The van der Waals surface area contributed by atoms with Crippen LogP contribution in [0, 0.1) is 0 Å². The molecule has 0 amide bonds. The SMILES string of the molecule is C=Cc1cncc(CC(=O)OC(C)OC(=O)CC)c1. The van der Waals surface area contributed by atoms with E-state index in [1.165, 1.54) is 6.92 Å². The predicted octanol–water partition coefficient (Wildman–Crippen LogP) is 2.11. The summed E-state index contributed by atoms with van der Waals surface area (Å²) >= 11 is 0. The third kappa shape index (κ3) is 5.33. The van der Waals surface area contributed by atoms with Gasteiger partial charge in [0.2, 0.25) is 6.29 Å². The largest absolute Gasteiger partial charge is 0.425 e. The second-order valence-corrected chi connectivity index (χ2v) is 3.91. The van der Waals surface area contributed by atoms with Crippen LogP contribution in [0.2, 0.25) is 0 Å². The summed E-state index contributed by atoms with van der Waals surface area (Å²) < 4.78 is 9.80. The zero-order valence-corrected chi connectivity index (χ0v) is 11.1. The van der Waals surface area contributed by atoms with Gasteiger partial charge in [-0.2, -0.15) is 0 Å². The van der Waals surface area contributed by atoms with Gasteiger partial charge in [-0.3, -0.25) is 14.6 Å². The minimum absolute atomic E-state index is 0.0721. The second-order valence-electron chi connectivity index (χ2n) is 3.91. The highest BCUT2D eigenvalue weighted by molar-refractivity contribution is 5.73. The smallest absolute Gasteiger partial charge is 0.313 e. The van der Waals surface area contributed by atoms with Gasteiger partial charge in [0.1, 0.15) is 0 Å². The van der Waals surface area contributed by atoms with Gasteiger partial charge in [-0.15, -0.1) is 0 Å². The molecule has 5 heteroatoms. The summed E-state index contributed by atoms with van der Waals surface area (Å²) in [6, 6.07) is 1.80. The molecule has 102 valence electrons. The minimum atomic E-state index is -0.879. The van der Waals surface area contributed by atoms with Crippen molar-refractivity contribution >= 4 is 18.0 Å². The Hall–Kier alpha value is -2.17. The van der Waals surface area contributed by atoms with Crippen LogP contribution in [0.3, 0.4) is 0 Å². The van der Waals surface area contributed by atoms with E-state index >= 15 is 0 Å². The van der Waals surface area contributed by atoms with E-state index in [0.717, 1.165) is 11.1 Å². The number of nitrogens with zero attached hydrogens (tertiary/aromatic N) is 1. The number of pyridine rings is 1. The summed E-state index contributed by atoms with van der Waals surface area (Å²) in [5, 5.41) is 0. The van der Waals surface area contributed by atoms with Gasteiger partial charge in [-0.05, 0) is 17.2 Å². The quantitative estimate of drug-likeness (QED) is 0.581. The minimum Gasteiger partial charge on any atom is -0.425 e. The van der Waals surface area contributed by atoms with Gasteiger partial charge in [0.15, 0.2) is 0 Å². The zero-order chi connectivity index (χ0) is 14.3. The summed E-state index contributed by atoms with van der Waals surface area (Å²) in [5.74, 6) is -0.880. The first-order valence-electron chi connectivity index (χ1n) is 6.00. The monoisotopic (exact) mass is 263 g/mol. The molecule has 0 spiro atoms. The molecule has 0 N–H and O–H groups in total. The molecule has 0 aliphatic heterocycles. The number of carbonyl (C=O) groups is 2. The standard InChI is InChI=1S/C14H17NO4/c1-4-11-6-12(9-15-8-11)7-14(17)19-10(3)18-13(16)5-2/h4,6,8-10H,1,5,7H2,2-3H3. The Morgan fingerprint density at radius 2 is 2.05 bits per heavy atom. The second kappa shape index (κ2) is 7.31. The van der Waals surface area contributed by atoms with Crippen LogP contribution < -0.4 is 0 Å². The number of rotatable bonds is 6. The first-order chi connectivity index (χ1) is 9.05. The fraction of sp³-hybridized carbons (Fsp3) is 0.357. The van der Waals surface area contributed by atoms with Crippen molar-refractivity contribution in [3.8, 4) is 0 Å². The molecular weight excluding hydrogens is 246 g/mol. The molecule has 0 aliphatic rings. The molecule has 0 aliphatic carbocycles. The highest BCUT2D eigenvalue weighted by atomic mass is 16.7. The first-order valence-corrected chi connectivity index (χ1v) is 6.00. The van der Waals surface area contributed by atoms with Gasteiger partial charge < -0.3 is 9.47 Å². The van der Waals surface area contributed by atoms with E-state index in [1.54, 1.807) is 31.5 Å². The van der Waals surface area contributed by atoms with Gasteiger partial charge in [0.25, 0.3) is 0 Å². The Morgan fingerprint density at radius 3 is 2.68 bits per heavy atom. The Balaban J connectivity index is 2.50. The van der Waals surface area contributed by atoms with Crippen LogP contribution in [-0.4, -0.2) is 23.2 Å². The van der Waals surface area contributed by atoms with Gasteiger partial charge in [0, 0.05) is 25.7 Å². The third-order valence-electron chi connectivity index (χ3n) is 2.28. The van der Waals surface area contributed by atoms with E-state index in [-0.39, 0.29) is 12.8 Å². The molecule has 19 heavy (non-hydrogen) atoms. The van der Waals surface area contributed by atoms with Crippen molar-refractivity contribution in [1.29, 1.82) is 0 Å². The van der Waals surface area contributed by atoms with Crippen LogP contribution in [0.1, 0.15) is 31.4 Å². The van der Waals surface area contributed by atoms with Crippen LogP contribution in [0.4, 0.5) is 0 Å². The van der Waals surface area contributed by atoms with Gasteiger partial charge >= 0.3 is 11.9 Å². The van der Waals surface area contributed by atoms with Crippen LogP contribution in [0.25, 0.3) is 6.08 Å². The van der Waals surface area contributed by atoms with Crippen molar-refractivity contribution < 1.29 is 19.1 Å². The fourth-order valence-corrected chi connectivity index (χ4v) is 1.40. The molecule has 1 heterocycles. The van der Waals surface area contributed by atoms with Crippen molar-refractivity contribution in [3.05, 3.63) is 36.2 Å². The molecule has 0 saturated carbocycles. The lowest BCUT2D eigenvalue weighted by Gasteiger charge is -2.13. The normalized spacial score (nSPS) is 11.5. The molecule has 0 fully saturated rings. The number of aromatic nitrogens is 1. The molecule has 1 atom stereocenters. The predicted molar refractivity (Wildman–Crippen MR) is 70.0 cm³/mol. The molecule has 0 saturated heterocycles. The van der Waals surface area contributed by atoms with Gasteiger partial charge in [-0.1, -0.05) is 19.6 Å². The summed E-state index contributed by atoms with van der Waals surface area (Å²) in [7, 11) is 0. The zero-order valence-electron chi connectivity index (χ0n) is 11.1. The molecule has 1 unspecified atom stereocenters. The Kier molecular flexibility index (Phi) is 5.73. The maximum absolute atomic E-state index is 11.6. The van der Waals surface area contributed by atoms with E-state index in [2.05, 4.69) is 11.6 Å². The lowest BCUT2D eigenvalue weighted by atomic mass is 10.1. The summed E-state index contributed by atoms with van der Waals surface area (Å²) in [5.41, 5.74) is 1.55. The molecule has 0 aromatic carbocycles. The van der Waals surface area contributed by atoms with Crippen molar-refractivity contribution in [3.63, 3.8) is 0 Å². The van der Waals surface area contributed by atoms with Gasteiger partial charge in [0.05, 0.1) is 6.42 Å². The lowest BCUT2D eigenvalue weighted by Crippen LogP contribution is -2.22. The Bertz CT molecular complexity index is 470. The average Bonchev–Trinajstić information content (AvgIpc) is 2.38. The first kappa shape index (κ1) is 14.9. The number of esters is 2. The van der Waals surface area contributed by atoms with E-state index in [0.29, 0.717) is 0 Å². The fourth-order valence-electron chi connectivity index (χ4n) is 1.40. The van der Waals surface area contributed by atoms with Crippen LogP contribution >= 0.6 is 0 Å². The highest BCUT2D eigenvalue weighted by Crippen LogP contribution is 2.07. The van der Waals surface area contributed by atoms with E-state index in [1.807, 2.05) is 0 Å². The highest BCUT2D eigenvalue weighted by Gasteiger charge is 2.13. The average molecular weight is 263 g/mol. The topological polar surface area (TPSA) is 65.5 Å². The molecule has 5 nitrogen and oxygen atoms in total. The van der Waals surface area contributed by atoms with Crippen LogP contribution in [0.15, 0.2) is 25.0 Å². The van der Waals surface area contributed by atoms with Crippen molar-refractivity contribution in [2.45, 2.75) is 33.0 Å². The van der Waals surface area contributed by atoms with Gasteiger partial charge in [-0.25, -0.2) is 0 Å². The molecule has 0 radical (unpaired) electrons. The van der Waals surface area contributed by atoms with Crippen molar-refractivity contribution in [1.82, 2.24) is 4.98 Å². The maximum atomic E-state index is 11.6. The van der Waals surface area contributed by atoms with Crippen LogP contribution in [0.5, 0.6) is 0 Å². The third-order valence-corrected chi connectivity index (χ3v) is 2.28. The molecule has 1 rings (SSSR count). The van der Waals surface area contributed by atoms with Crippen molar-refractivity contribution in [2.24, 2.45) is 0 Å². The lowest BCUT2D eigenvalue weighted by molar-refractivity contribution is -0.183. The molecular formula is C14H17NO4. The number of hydrogen-bond donors (Lipinski definition) is 0. The molecule has 0 bridgehead atoms. The number of carbonyl (C=O) groups excluding carboxylic acids is 2. The maximum Gasteiger partial charge on any atom is 0.313 e. The summed E-state index contributed by atoms with van der Waals surface area (Å²) in [6.45, 7) is 6.80. The number of hydrogen-bond acceptors (Lipinski definition) is 5. The number of ether oxygens (including phenoxy) is 2. The Morgan fingerprint density at radius 1 is 1.37 bits per heavy atom. The van der Waals surface area contributed by atoms with Crippen LogP contribution in [-0.2, 0) is 25.5 Å². The Labute approximate surface area is 112 Å². The van der Waals surface area contributed by atoms with E-state index < -0.39 is 18.2 Å². The van der Waals surface area contributed by atoms with Crippen molar-refractivity contribution in [2.75, 3.05) is 0 Å². The van der Waals surface area contributed by atoms with E-state index in [9.17, 15) is 9.59 Å². The summed E-state index contributed by atoms with van der Waals surface area (Å²) in [6.07, 6.45) is 4.31. The van der Waals surface area contributed by atoms with E-state index in [4.69, 9.17) is 9.47 Å².